The van der Waals surface area contributed by atoms with Crippen molar-refractivity contribution >= 4 is 17.8 Å². The average molecular weight is 445 g/mol. The highest BCUT2D eigenvalue weighted by atomic mass is 32.4. The summed E-state index contributed by atoms with van der Waals surface area (Å²) in [6, 6.07) is -1.07. The van der Waals surface area contributed by atoms with Crippen molar-refractivity contribution in [2.75, 3.05) is 18.5 Å². The zero-order valence-electron chi connectivity index (χ0n) is 20.8. The van der Waals surface area contributed by atoms with Crippen LogP contribution in [0.3, 0.4) is 0 Å². The van der Waals surface area contributed by atoms with E-state index in [0.717, 1.165) is 0 Å². The quantitative estimate of drug-likeness (QED) is 0.105. The van der Waals surface area contributed by atoms with Crippen LogP contribution in [0.25, 0.3) is 0 Å². The maximum atomic E-state index is 6.37. The van der Waals surface area contributed by atoms with Gasteiger partial charge in [-0.3, -0.25) is 0 Å². The molecule has 0 unspecified atom stereocenters. The van der Waals surface area contributed by atoms with Crippen LogP contribution >= 0.6 is 6.04 Å². The zero-order chi connectivity index (χ0) is 21.5. The molecule has 0 saturated heterocycles. The number of hydrogen-bond donors (Lipinski definition) is 0. The lowest BCUT2D eigenvalue weighted by atomic mass is 10.1. The van der Waals surface area contributed by atoms with Crippen LogP contribution in [0.5, 0.6) is 0 Å². The summed E-state index contributed by atoms with van der Waals surface area (Å²) in [6.45, 7) is 6.93. The maximum absolute atomic E-state index is 6.37. The van der Waals surface area contributed by atoms with Gasteiger partial charge in [0, 0.05) is 0 Å². The molecule has 0 radical (unpaired) electrons. The fraction of sp³-hybridized carbons (Fsp3) is 1.00. The summed E-state index contributed by atoms with van der Waals surface area (Å²) in [4.78, 5) is 0. The lowest BCUT2D eigenvalue weighted by Gasteiger charge is -2.22. The molecule has 0 heterocycles. The van der Waals surface area contributed by atoms with Crippen molar-refractivity contribution in [1.29, 1.82) is 0 Å². The summed E-state index contributed by atoms with van der Waals surface area (Å²) < 4.78 is 0. The van der Waals surface area contributed by atoms with Gasteiger partial charge in [-0.05, 0) is 43.8 Å². The molecule has 2 heteroatoms. The van der Waals surface area contributed by atoms with Crippen molar-refractivity contribution in [2.24, 2.45) is 0 Å². The third kappa shape index (κ3) is 21.7. The van der Waals surface area contributed by atoms with E-state index in [-0.39, 0.29) is 0 Å². The highest BCUT2D eigenvalue weighted by molar-refractivity contribution is 8.14. The van der Waals surface area contributed by atoms with Crippen molar-refractivity contribution in [3.63, 3.8) is 0 Å². The molecule has 0 aliphatic rings. The van der Waals surface area contributed by atoms with Crippen molar-refractivity contribution in [2.45, 2.75) is 156 Å². The van der Waals surface area contributed by atoms with Gasteiger partial charge in [-0.1, -0.05) is 148 Å². The first-order valence-corrected chi connectivity index (χ1v) is 17.1. The number of rotatable bonds is 24. The summed E-state index contributed by atoms with van der Waals surface area (Å²) in [5.74, 6) is 0. The molecule has 0 aliphatic heterocycles. The van der Waals surface area contributed by atoms with E-state index in [1.165, 1.54) is 153 Å². The average Bonchev–Trinajstić information content (AvgIpc) is 2.72. The van der Waals surface area contributed by atoms with Crippen LogP contribution in [-0.2, 0) is 11.8 Å². The van der Waals surface area contributed by atoms with Crippen molar-refractivity contribution < 1.29 is 0 Å². The third-order valence-electron chi connectivity index (χ3n) is 6.51. The summed E-state index contributed by atoms with van der Waals surface area (Å²) in [6.07, 6.45) is 34.2. The molecule has 0 aliphatic carbocycles. The zero-order valence-corrected chi connectivity index (χ0v) is 22.5. The second kappa shape index (κ2) is 23.3. The van der Waals surface area contributed by atoms with Gasteiger partial charge in [0.15, 0.2) is 0 Å². The van der Waals surface area contributed by atoms with E-state index in [2.05, 4.69) is 20.8 Å². The molecule has 0 rings (SSSR count). The Kier molecular flexibility index (Phi) is 23.8. The van der Waals surface area contributed by atoms with E-state index in [1.54, 1.807) is 0 Å². The van der Waals surface area contributed by atoms with E-state index in [9.17, 15) is 0 Å². The molecule has 0 nitrogen and oxygen atoms in total. The second-order valence-electron chi connectivity index (χ2n) is 9.59. The Morgan fingerprint density at radius 2 is 0.552 bits per heavy atom. The predicted molar refractivity (Wildman–Crippen MR) is 143 cm³/mol. The minimum Gasteiger partial charge on any atom is -0.0975 e. The van der Waals surface area contributed by atoms with Gasteiger partial charge >= 0.3 is 0 Å². The smallest absolute Gasteiger partial charge is 0.0235 e. The molecule has 0 aromatic carbocycles. The number of hydrogen-bond acceptors (Lipinski definition) is 1. The van der Waals surface area contributed by atoms with E-state index < -0.39 is 6.04 Å². The first kappa shape index (κ1) is 29.7. The van der Waals surface area contributed by atoms with E-state index in [1.807, 2.05) is 0 Å². The van der Waals surface area contributed by atoms with Gasteiger partial charge in [0.2, 0.25) is 0 Å². The Bertz CT molecular complexity index is 300. The lowest BCUT2D eigenvalue weighted by molar-refractivity contribution is 0.596. The van der Waals surface area contributed by atoms with Gasteiger partial charge in [-0.15, -0.1) is 0 Å². The molecule has 0 amide bonds. The predicted octanol–water partition coefficient (Wildman–Crippen LogP) is 10.7. The van der Waals surface area contributed by atoms with Gasteiger partial charge in [-0.25, -0.2) is 0 Å². The molecular formula is C27H57PS. The maximum Gasteiger partial charge on any atom is -0.0235 e. The monoisotopic (exact) mass is 444 g/mol. The van der Waals surface area contributed by atoms with Crippen molar-refractivity contribution in [3.05, 3.63) is 0 Å². The molecule has 29 heavy (non-hydrogen) atoms. The summed E-state index contributed by atoms with van der Waals surface area (Å²) in [7, 11) is 0. The van der Waals surface area contributed by atoms with Crippen LogP contribution < -0.4 is 0 Å². The highest BCUT2D eigenvalue weighted by Crippen LogP contribution is 2.49. The van der Waals surface area contributed by atoms with Crippen molar-refractivity contribution in [1.82, 2.24) is 0 Å². The molecule has 176 valence electrons. The molecule has 0 spiro atoms. The lowest BCUT2D eigenvalue weighted by Crippen LogP contribution is -2.01. The Morgan fingerprint density at radius 1 is 0.345 bits per heavy atom. The Labute approximate surface area is 191 Å². The molecule has 0 aromatic heterocycles. The van der Waals surface area contributed by atoms with Gasteiger partial charge in [-0.2, -0.15) is 0 Å². The van der Waals surface area contributed by atoms with Gasteiger partial charge in [0.05, 0.1) is 0 Å². The number of unbranched alkanes of at least 4 members (excludes halogenated alkanes) is 18. The van der Waals surface area contributed by atoms with Crippen LogP contribution in [0.4, 0.5) is 0 Å². The molecule has 0 aromatic rings. The SMILES string of the molecule is CCCCCCCCCP(=S)(CCCCCCCCC)CCCCCCCCC. The Morgan fingerprint density at radius 3 is 0.793 bits per heavy atom. The fourth-order valence-electron chi connectivity index (χ4n) is 4.41. The van der Waals surface area contributed by atoms with Crippen LogP contribution in [0.2, 0.25) is 0 Å². The minimum atomic E-state index is -1.07. The normalized spacial score (nSPS) is 12.0. The van der Waals surface area contributed by atoms with Gasteiger partial charge in [0.1, 0.15) is 0 Å². The Balaban J connectivity index is 4.05. The molecule has 0 N–H and O–H groups in total. The van der Waals surface area contributed by atoms with Crippen molar-refractivity contribution in [3.8, 4) is 0 Å². The summed E-state index contributed by atoms with van der Waals surface area (Å²) >= 11 is 6.37. The second-order valence-corrected chi connectivity index (χ2v) is 15.4. The van der Waals surface area contributed by atoms with E-state index >= 15 is 0 Å². The first-order chi connectivity index (χ1) is 14.2. The highest BCUT2D eigenvalue weighted by Gasteiger charge is 2.16. The largest absolute Gasteiger partial charge is 0.0975 e. The molecule has 0 saturated carbocycles. The molecule has 0 atom stereocenters. The topological polar surface area (TPSA) is 0 Å². The summed E-state index contributed by atoms with van der Waals surface area (Å²) in [5.41, 5.74) is 0. The first-order valence-electron chi connectivity index (χ1n) is 13.8. The van der Waals surface area contributed by atoms with E-state index in [4.69, 9.17) is 11.8 Å². The van der Waals surface area contributed by atoms with E-state index in [0.29, 0.717) is 0 Å². The third-order valence-corrected chi connectivity index (χ3v) is 11.5. The molecular weight excluding hydrogens is 387 g/mol. The van der Waals surface area contributed by atoms with Crippen LogP contribution in [-0.4, -0.2) is 18.5 Å². The molecule has 0 fully saturated rings. The standard InChI is InChI=1S/C27H57PS/c1-4-7-10-13-16-19-22-25-28(29,26-23-20-17-14-11-8-5-2)27-24-21-18-15-12-9-6-3/h4-27H2,1-3H3. The van der Waals surface area contributed by atoms with Crippen LogP contribution in [0, 0.1) is 0 Å². The van der Waals surface area contributed by atoms with Crippen LogP contribution in [0.1, 0.15) is 156 Å². The fourth-order valence-corrected chi connectivity index (χ4v) is 8.64. The summed E-state index contributed by atoms with van der Waals surface area (Å²) in [5, 5.41) is 0. The molecule has 0 bridgehead atoms. The van der Waals surface area contributed by atoms with Gasteiger partial charge < -0.3 is 0 Å². The minimum absolute atomic E-state index is 1.07. The Hall–Kier alpha value is 0.650. The van der Waals surface area contributed by atoms with Crippen LogP contribution in [0.15, 0.2) is 0 Å². The van der Waals surface area contributed by atoms with Gasteiger partial charge in [0.25, 0.3) is 0 Å².